The van der Waals surface area contributed by atoms with Crippen molar-refractivity contribution in [1.82, 2.24) is 30.0 Å². The number of nitrogens with one attached hydrogen (secondary N) is 1. The van der Waals surface area contributed by atoms with Crippen LogP contribution in [0.25, 0.3) is 0 Å². The van der Waals surface area contributed by atoms with Crippen LogP contribution in [-0.4, -0.2) is 120 Å². The van der Waals surface area contributed by atoms with Gasteiger partial charge in [0.1, 0.15) is 35.0 Å². The molecule has 2 fully saturated rings. The number of methoxy groups -OCH3 is 1. The van der Waals surface area contributed by atoms with Crippen LogP contribution in [0.4, 0.5) is 26.3 Å². The summed E-state index contributed by atoms with van der Waals surface area (Å²) >= 11 is 20.9. The van der Waals surface area contributed by atoms with Crippen LogP contribution in [0.2, 0.25) is 10.0 Å². The number of esters is 1. The van der Waals surface area contributed by atoms with Gasteiger partial charge < -0.3 is 39.3 Å². The zero-order valence-electron chi connectivity index (χ0n) is 49.5. The summed E-state index contributed by atoms with van der Waals surface area (Å²) in [6.07, 6.45) is -4.10. The molecule has 0 unspecified atom stereocenters. The smallest absolute Gasteiger partial charge is 0.418 e. The number of hydrogen-bond acceptors (Lipinski definition) is 14. The fourth-order valence-corrected chi connectivity index (χ4v) is 13.9. The van der Waals surface area contributed by atoms with Gasteiger partial charge in [-0.15, -0.1) is 22.7 Å². The number of fused-ring (bicyclic) bond motifs is 2. The molecule has 16 nitrogen and oxygen atoms in total. The number of alkyl halides is 6. The summed E-state index contributed by atoms with van der Waals surface area (Å²) in [4.78, 5) is 91.9. The lowest BCUT2D eigenvalue weighted by atomic mass is 9.79. The molecule has 4 aliphatic rings. The first-order valence-electron chi connectivity index (χ1n) is 28.9. The van der Waals surface area contributed by atoms with Crippen molar-refractivity contribution >= 4 is 92.4 Å². The number of aryl methyl sites for hydroxylation is 2. The van der Waals surface area contributed by atoms with Crippen molar-refractivity contribution in [2.45, 2.75) is 160 Å². The Hall–Kier alpha value is -6.83. The van der Waals surface area contributed by atoms with Gasteiger partial charge in [-0.05, 0) is 147 Å². The normalized spacial score (nSPS) is 21.2. The average Bonchev–Trinajstić information content (AvgIpc) is 1.25. The van der Waals surface area contributed by atoms with E-state index in [2.05, 4.69) is 15.3 Å². The Morgan fingerprint density at radius 1 is 0.681 bits per heavy atom. The van der Waals surface area contributed by atoms with Gasteiger partial charge in [-0.25, -0.2) is 4.79 Å². The van der Waals surface area contributed by atoms with Crippen LogP contribution in [0.15, 0.2) is 96.0 Å². The number of pyridine rings is 2. The third-order valence-corrected chi connectivity index (χ3v) is 18.6. The zero-order valence-corrected chi connectivity index (χ0v) is 53.4. The second kappa shape index (κ2) is 30.3. The van der Waals surface area contributed by atoms with E-state index in [0.717, 1.165) is 57.5 Å². The lowest BCUT2D eigenvalue weighted by molar-refractivity contribution is -0.168. The molecule has 3 amide bonds. The van der Waals surface area contributed by atoms with Crippen LogP contribution >= 0.6 is 57.5 Å². The minimum Gasteiger partial charge on any atom is -0.480 e. The molecule has 6 atom stereocenters. The molecule has 2 N–H and O–H groups in total. The standard InChI is InChI=1S/C31H31ClF3N3O5S.C21H22ClF3N2O3S.C11H12ClNO2.CH4/c1-3-6-25-30(43-22-13-18(2)44-17-22,10-5-12-37(25)27(39)26-23(31(33,34)35)7-4-11-36-26)29(42)38-16-19-8-9-21(32)14-20(19)15-24(38)28(40)41;1-3-6-16-20(19(22)29,30-14-11-13(2)31-12-14)8-5-10-27(16)18(28)17-15(21(23,24)25)7-4-9-26-17;1-15-11(14)10-5-8-4-9(12)3-2-7(8)6-13-10;/h4,7-9,11,13-14,17,24-25H,3,5-6,10,12,15-16H2,1-2H3,(H,40,41);4,7,9,11-12,16H,3,5-6,8,10H2,1-2H3;2-4,10,13H,5-6H2,1H3;1H4/t24-,25-,30+;16-,20+;10-;/m111./s1. The molecular weight excluding hydrogens is 1300 g/mol. The van der Waals surface area contributed by atoms with E-state index < -0.39 is 93.1 Å². The molecule has 4 aliphatic heterocycles. The van der Waals surface area contributed by atoms with E-state index in [1.807, 2.05) is 45.9 Å². The molecule has 490 valence electrons. The van der Waals surface area contributed by atoms with E-state index in [9.17, 15) is 60.2 Å². The SMILES string of the molecule is C.CCC[C@H]1N(C(=O)c2ncccc2C(F)(F)F)CCC[C@@]1(Oc1csc(C)c1)C(=O)Cl.CCC[C@H]1N(C(=O)c2ncccc2C(F)(F)F)CCC[C@@]1(Oc1csc(C)c1)C(=O)N1Cc2ccc(Cl)cc2C[C@@H]1C(=O)O.COC(=O)[C@H]1Cc2cc(Cl)ccc2CN1. The second-order valence-corrected chi connectivity index (χ2v) is 25.6. The number of aromatic nitrogens is 2. The van der Waals surface area contributed by atoms with E-state index >= 15 is 0 Å². The Morgan fingerprint density at radius 3 is 1.60 bits per heavy atom. The molecular formula is C64H69Cl3F6N6O10S2. The van der Waals surface area contributed by atoms with Gasteiger partial charge in [0.2, 0.25) is 11.2 Å². The van der Waals surface area contributed by atoms with Crippen molar-refractivity contribution in [3.05, 3.63) is 161 Å². The fraction of sp³-hybridized carbons (Fsp3) is 0.438. The molecule has 10 rings (SSSR count). The number of benzene rings is 2. The lowest BCUT2D eigenvalue weighted by Gasteiger charge is -2.51. The second-order valence-electron chi connectivity index (χ2n) is 22.1. The highest BCUT2D eigenvalue weighted by Crippen LogP contribution is 2.44. The Labute approximate surface area is 546 Å². The third-order valence-electron chi connectivity index (χ3n) is 16.2. The summed E-state index contributed by atoms with van der Waals surface area (Å²) in [7, 11) is 1.40. The Balaban J connectivity index is 0.000000216. The predicted molar refractivity (Wildman–Crippen MR) is 334 cm³/mol. The number of piperidine rings is 2. The minimum absolute atomic E-state index is 0. The summed E-state index contributed by atoms with van der Waals surface area (Å²) in [5.41, 5.74) is -3.32. The number of carbonyl (C=O) groups excluding carboxylic acids is 5. The number of thiophene rings is 2. The van der Waals surface area contributed by atoms with Gasteiger partial charge in [-0.1, -0.05) is 69.5 Å². The number of amides is 3. The topological polar surface area (TPSA) is 198 Å². The molecule has 0 aliphatic carbocycles. The number of likely N-dealkylation sites (tertiary alicyclic amines) is 2. The van der Waals surface area contributed by atoms with Crippen molar-refractivity contribution < 1.29 is 74.4 Å². The van der Waals surface area contributed by atoms with E-state index in [1.54, 1.807) is 41.1 Å². The van der Waals surface area contributed by atoms with Gasteiger partial charge >= 0.3 is 24.3 Å². The van der Waals surface area contributed by atoms with E-state index in [0.29, 0.717) is 65.8 Å². The first-order valence-corrected chi connectivity index (χ1v) is 31.8. The summed E-state index contributed by atoms with van der Waals surface area (Å²) in [6.45, 7) is 8.33. The Morgan fingerprint density at radius 2 is 1.15 bits per heavy atom. The van der Waals surface area contributed by atoms with Crippen LogP contribution in [0.3, 0.4) is 0 Å². The number of rotatable bonds is 14. The van der Waals surface area contributed by atoms with E-state index in [-0.39, 0.29) is 71.2 Å². The molecule has 0 bridgehead atoms. The summed E-state index contributed by atoms with van der Waals surface area (Å²) in [5, 5.41) is 17.2. The molecule has 2 saturated heterocycles. The van der Waals surface area contributed by atoms with Gasteiger partial charge in [0.15, 0.2) is 0 Å². The first kappa shape index (κ1) is 71.6. The fourth-order valence-electron chi connectivity index (χ4n) is 12.1. The number of nitrogens with zero attached hydrogens (tertiary/aromatic N) is 5. The lowest BCUT2D eigenvalue weighted by Crippen LogP contribution is -2.69. The monoisotopic (exact) mass is 1360 g/mol. The highest BCUT2D eigenvalue weighted by molar-refractivity contribution is 7.10. The van der Waals surface area contributed by atoms with E-state index in [4.69, 9.17) is 49.0 Å². The number of halogens is 9. The van der Waals surface area contributed by atoms with Crippen LogP contribution in [-0.2, 0) is 62.2 Å². The summed E-state index contributed by atoms with van der Waals surface area (Å²) < 4.78 is 99.6. The number of carboxylic acids is 1. The molecule has 0 spiro atoms. The number of hydrogen-bond donors (Lipinski definition) is 2. The molecule has 4 aromatic heterocycles. The van der Waals surface area contributed by atoms with Gasteiger partial charge in [0.05, 0.1) is 30.3 Å². The van der Waals surface area contributed by atoms with Gasteiger partial charge in [0, 0.05) is 82.0 Å². The quantitative estimate of drug-likeness (QED) is 0.0594. The van der Waals surface area contributed by atoms with Crippen molar-refractivity contribution in [3.8, 4) is 11.5 Å². The molecule has 8 heterocycles. The largest absolute Gasteiger partial charge is 0.480 e. The maximum Gasteiger partial charge on any atom is 0.418 e. The number of aliphatic carboxylic acids is 1. The van der Waals surface area contributed by atoms with Crippen molar-refractivity contribution in [1.29, 1.82) is 0 Å². The highest BCUT2D eigenvalue weighted by atomic mass is 35.5. The van der Waals surface area contributed by atoms with Crippen molar-refractivity contribution in [2.24, 2.45) is 0 Å². The summed E-state index contributed by atoms with van der Waals surface area (Å²) in [5.74, 6) is -3.13. The number of carboxylic acid groups (broad SMARTS) is 1. The van der Waals surface area contributed by atoms with Crippen LogP contribution in [0.5, 0.6) is 11.5 Å². The van der Waals surface area contributed by atoms with Gasteiger partial charge in [-0.2, -0.15) is 26.3 Å². The van der Waals surface area contributed by atoms with Gasteiger partial charge in [-0.3, -0.25) is 33.9 Å². The molecule has 2 aromatic carbocycles. The van der Waals surface area contributed by atoms with Crippen LogP contribution in [0.1, 0.15) is 137 Å². The number of carbonyl (C=O) groups is 6. The first-order chi connectivity index (χ1) is 42.7. The molecule has 0 radical (unpaired) electrons. The zero-order chi connectivity index (χ0) is 65.5. The van der Waals surface area contributed by atoms with Crippen LogP contribution in [0, 0.1) is 13.8 Å². The Bertz CT molecular complexity index is 3610. The molecule has 27 heteroatoms. The van der Waals surface area contributed by atoms with E-state index in [1.165, 1.54) is 50.0 Å². The molecule has 0 saturated carbocycles. The van der Waals surface area contributed by atoms with Crippen molar-refractivity contribution in [3.63, 3.8) is 0 Å². The minimum atomic E-state index is -4.83. The highest BCUT2D eigenvalue weighted by Gasteiger charge is 2.58. The predicted octanol–water partition coefficient (Wildman–Crippen LogP) is 14.0. The molecule has 6 aromatic rings. The third kappa shape index (κ3) is 16.2. The Kier molecular flexibility index (Phi) is 23.8. The summed E-state index contributed by atoms with van der Waals surface area (Å²) in [6, 6.07) is 14.9. The maximum absolute atomic E-state index is 14.9. The van der Waals surface area contributed by atoms with Crippen LogP contribution < -0.4 is 14.8 Å². The maximum atomic E-state index is 14.9. The van der Waals surface area contributed by atoms with Crippen molar-refractivity contribution in [2.75, 3.05) is 20.2 Å². The number of ether oxygens (including phenoxy) is 3. The van der Waals surface area contributed by atoms with Gasteiger partial charge in [0.25, 0.3) is 23.0 Å². The molecule has 91 heavy (non-hydrogen) atoms. The average molecular weight is 1370 g/mol.